The Morgan fingerprint density at radius 3 is 2.88 bits per heavy atom. The van der Waals surface area contributed by atoms with Crippen LogP contribution < -0.4 is 5.32 Å². The molecule has 94 valence electrons. The van der Waals surface area contributed by atoms with Crippen LogP contribution in [-0.4, -0.2) is 24.5 Å². The summed E-state index contributed by atoms with van der Waals surface area (Å²) in [5.74, 6) is -0.282. The molecular weight excluding hydrogens is 305 g/mol. The molecule has 17 heavy (non-hydrogen) atoms. The van der Waals surface area contributed by atoms with Crippen LogP contribution in [0.25, 0.3) is 0 Å². The van der Waals surface area contributed by atoms with Crippen molar-refractivity contribution in [3.05, 3.63) is 34.9 Å². The van der Waals surface area contributed by atoms with Gasteiger partial charge in [0.15, 0.2) is 0 Å². The zero-order chi connectivity index (χ0) is 12.8. The molecule has 0 saturated heterocycles. The molecule has 0 fully saturated rings. The summed E-state index contributed by atoms with van der Waals surface area (Å²) in [4.78, 5) is 10.8. The molecule has 1 aromatic carbocycles. The number of ether oxygens (including phenoxy) is 1. The predicted molar refractivity (Wildman–Crippen MR) is 72.6 cm³/mol. The lowest BCUT2D eigenvalue weighted by molar-refractivity contribution is -0.139. The van der Waals surface area contributed by atoms with Gasteiger partial charge in [0.1, 0.15) is 4.83 Å². The summed E-state index contributed by atoms with van der Waals surface area (Å²) in [6.07, 6.45) is 0. The highest BCUT2D eigenvalue weighted by molar-refractivity contribution is 9.10. The van der Waals surface area contributed by atoms with E-state index in [1.807, 2.05) is 31.2 Å². The second-order valence-corrected chi connectivity index (χ2v) is 5.22. The van der Waals surface area contributed by atoms with Crippen LogP contribution in [0.4, 0.5) is 0 Å². The highest BCUT2D eigenvalue weighted by atomic mass is 79.9. The van der Waals surface area contributed by atoms with E-state index < -0.39 is 0 Å². The van der Waals surface area contributed by atoms with E-state index in [0.717, 1.165) is 5.56 Å². The standard InChI is InChI=1S/C12H15BrClNO2/c1-8(9-4-3-5-10(14)6-9)15-7-11(13)12(16)17-2/h3-6,8,11,15H,7H2,1-2H3/t8-,11?/m0/s1. The molecule has 0 heterocycles. The minimum Gasteiger partial charge on any atom is -0.468 e. The largest absolute Gasteiger partial charge is 0.468 e. The van der Waals surface area contributed by atoms with Gasteiger partial charge in [0.2, 0.25) is 0 Å². The molecule has 1 aromatic rings. The molecule has 2 atom stereocenters. The van der Waals surface area contributed by atoms with E-state index in [-0.39, 0.29) is 16.8 Å². The van der Waals surface area contributed by atoms with Gasteiger partial charge in [0.25, 0.3) is 0 Å². The lowest BCUT2D eigenvalue weighted by Crippen LogP contribution is -2.31. The van der Waals surface area contributed by atoms with Gasteiger partial charge in [-0.3, -0.25) is 4.79 Å². The van der Waals surface area contributed by atoms with E-state index in [9.17, 15) is 4.79 Å². The van der Waals surface area contributed by atoms with Crippen molar-refractivity contribution in [3.8, 4) is 0 Å². The van der Waals surface area contributed by atoms with Gasteiger partial charge < -0.3 is 10.1 Å². The van der Waals surface area contributed by atoms with Gasteiger partial charge in [-0.25, -0.2) is 0 Å². The topological polar surface area (TPSA) is 38.3 Å². The summed E-state index contributed by atoms with van der Waals surface area (Å²) in [5, 5.41) is 3.94. The first kappa shape index (κ1) is 14.5. The summed E-state index contributed by atoms with van der Waals surface area (Å²) >= 11 is 9.17. The molecule has 5 heteroatoms. The molecule has 1 N–H and O–H groups in total. The summed E-state index contributed by atoms with van der Waals surface area (Å²) < 4.78 is 4.62. The first-order valence-electron chi connectivity index (χ1n) is 5.25. The number of rotatable bonds is 5. The van der Waals surface area contributed by atoms with Gasteiger partial charge in [-0.1, -0.05) is 39.7 Å². The van der Waals surface area contributed by atoms with Crippen LogP contribution in [0.2, 0.25) is 5.02 Å². The van der Waals surface area contributed by atoms with E-state index in [1.165, 1.54) is 7.11 Å². The van der Waals surface area contributed by atoms with Crippen molar-refractivity contribution in [1.29, 1.82) is 0 Å². The van der Waals surface area contributed by atoms with E-state index in [4.69, 9.17) is 11.6 Å². The van der Waals surface area contributed by atoms with E-state index in [0.29, 0.717) is 11.6 Å². The summed E-state index contributed by atoms with van der Waals surface area (Å²) in [7, 11) is 1.37. The number of esters is 1. The Morgan fingerprint density at radius 1 is 1.59 bits per heavy atom. The average molecular weight is 321 g/mol. The third kappa shape index (κ3) is 4.66. The van der Waals surface area contributed by atoms with Crippen LogP contribution in [-0.2, 0) is 9.53 Å². The number of alkyl halides is 1. The molecular formula is C12H15BrClNO2. The van der Waals surface area contributed by atoms with Crippen LogP contribution in [0.1, 0.15) is 18.5 Å². The van der Waals surface area contributed by atoms with Crippen LogP contribution in [0.15, 0.2) is 24.3 Å². The zero-order valence-corrected chi connectivity index (χ0v) is 12.1. The number of halogens is 2. The quantitative estimate of drug-likeness (QED) is 0.669. The van der Waals surface area contributed by atoms with Crippen LogP contribution in [0.5, 0.6) is 0 Å². The predicted octanol–water partition coefficient (Wildman–Crippen LogP) is 2.93. The number of hydrogen-bond acceptors (Lipinski definition) is 3. The molecule has 1 rings (SSSR count). The van der Waals surface area contributed by atoms with Crippen LogP contribution >= 0.6 is 27.5 Å². The Bertz CT molecular complexity index is 387. The number of carbonyl (C=O) groups is 1. The third-order valence-corrected chi connectivity index (χ3v) is 3.34. The van der Waals surface area contributed by atoms with Crippen molar-refractivity contribution in [3.63, 3.8) is 0 Å². The lowest BCUT2D eigenvalue weighted by atomic mass is 10.1. The fourth-order valence-electron chi connectivity index (χ4n) is 1.39. The molecule has 0 aliphatic carbocycles. The maximum Gasteiger partial charge on any atom is 0.320 e. The number of benzene rings is 1. The van der Waals surface area contributed by atoms with Crippen molar-refractivity contribution in [1.82, 2.24) is 5.32 Å². The Labute approximate surface area is 115 Å². The lowest BCUT2D eigenvalue weighted by Gasteiger charge is -2.16. The Kier molecular flexibility index (Phi) is 5.95. The highest BCUT2D eigenvalue weighted by Gasteiger charge is 2.16. The molecule has 3 nitrogen and oxygen atoms in total. The minimum absolute atomic E-state index is 0.124. The van der Waals surface area contributed by atoms with E-state index in [2.05, 4.69) is 26.0 Å². The molecule has 0 spiro atoms. The van der Waals surface area contributed by atoms with Gasteiger partial charge in [-0.2, -0.15) is 0 Å². The maximum atomic E-state index is 11.2. The normalized spacial score (nSPS) is 14.1. The second kappa shape index (κ2) is 6.99. The summed E-state index contributed by atoms with van der Waals surface area (Å²) in [5.41, 5.74) is 1.09. The fourth-order valence-corrected chi connectivity index (χ4v) is 1.96. The van der Waals surface area contributed by atoms with E-state index >= 15 is 0 Å². The monoisotopic (exact) mass is 319 g/mol. The zero-order valence-electron chi connectivity index (χ0n) is 9.74. The summed E-state index contributed by atoms with van der Waals surface area (Å²) in [6.45, 7) is 2.52. The Hall–Kier alpha value is -0.580. The first-order chi connectivity index (χ1) is 8.04. The molecule has 1 unspecified atom stereocenters. The van der Waals surface area contributed by atoms with Crippen molar-refractivity contribution in [2.45, 2.75) is 17.8 Å². The second-order valence-electron chi connectivity index (χ2n) is 3.68. The average Bonchev–Trinajstić information content (AvgIpc) is 2.34. The van der Waals surface area contributed by atoms with Gasteiger partial charge in [-0.15, -0.1) is 0 Å². The fraction of sp³-hybridized carbons (Fsp3) is 0.417. The maximum absolute atomic E-state index is 11.2. The van der Waals surface area contributed by atoms with Crippen molar-refractivity contribution in [2.24, 2.45) is 0 Å². The smallest absolute Gasteiger partial charge is 0.320 e. The number of methoxy groups -OCH3 is 1. The van der Waals surface area contributed by atoms with Gasteiger partial charge in [-0.05, 0) is 24.6 Å². The molecule has 0 amide bonds. The van der Waals surface area contributed by atoms with Gasteiger partial charge in [0.05, 0.1) is 7.11 Å². The summed E-state index contributed by atoms with van der Waals surface area (Å²) in [6, 6.07) is 7.76. The van der Waals surface area contributed by atoms with Gasteiger partial charge >= 0.3 is 5.97 Å². The number of hydrogen-bond donors (Lipinski definition) is 1. The highest BCUT2D eigenvalue weighted by Crippen LogP contribution is 2.17. The number of carbonyl (C=O) groups excluding carboxylic acids is 1. The Balaban J connectivity index is 2.50. The molecule has 0 saturated carbocycles. The van der Waals surface area contributed by atoms with Crippen LogP contribution in [0.3, 0.4) is 0 Å². The van der Waals surface area contributed by atoms with Crippen molar-refractivity contribution >= 4 is 33.5 Å². The first-order valence-corrected chi connectivity index (χ1v) is 6.54. The SMILES string of the molecule is COC(=O)C(Br)CN[C@@H](C)c1cccc(Cl)c1. The third-order valence-electron chi connectivity index (χ3n) is 2.41. The number of nitrogens with one attached hydrogen (secondary N) is 1. The van der Waals surface area contributed by atoms with Crippen LogP contribution in [0, 0.1) is 0 Å². The molecule has 0 aliphatic heterocycles. The molecule has 0 aromatic heterocycles. The Morgan fingerprint density at radius 2 is 2.29 bits per heavy atom. The van der Waals surface area contributed by atoms with Crippen molar-refractivity contribution in [2.75, 3.05) is 13.7 Å². The molecule has 0 aliphatic rings. The van der Waals surface area contributed by atoms with Gasteiger partial charge in [0, 0.05) is 17.6 Å². The van der Waals surface area contributed by atoms with Crippen molar-refractivity contribution < 1.29 is 9.53 Å². The minimum atomic E-state index is -0.339. The molecule has 0 radical (unpaired) electrons. The van der Waals surface area contributed by atoms with E-state index in [1.54, 1.807) is 0 Å². The molecule has 0 bridgehead atoms.